The summed E-state index contributed by atoms with van der Waals surface area (Å²) in [5, 5.41) is 6.76. The van der Waals surface area contributed by atoms with Crippen LogP contribution in [-0.4, -0.2) is 22.0 Å². The minimum absolute atomic E-state index is 0.251. The summed E-state index contributed by atoms with van der Waals surface area (Å²) in [7, 11) is 0. The molecule has 3 N–H and O–H groups in total. The Labute approximate surface area is 158 Å². The second kappa shape index (κ2) is 8.26. The average Bonchev–Trinajstić information content (AvgIpc) is 3.17. The van der Waals surface area contributed by atoms with Gasteiger partial charge in [0.1, 0.15) is 5.69 Å². The van der Waals surface area contributed by atoms with E-state index in [0.29, 0.717) is 5.69 Å². The van der Waals surface area contributed by atoms with Gasteiger partial charge in [-0.15, -0.1) is 0 Å². The Morgan fingerprint density at radius 2 is 1.73 bits per heavy atom. The summed E-state index contributed by atoms with van der Waals surface area (Å²) in [5.74, 6) is -0.922. The zero-order chi connectivity index (χ0) is 18.4. The Hall–Kier alpha value is -3.19. The van der Waals surface area contributed by atoms with Gasteiger partial charge in [-0.05, 0) is 29.8 Å². The van der Waals surface area contributed by atoms with E-state index in [1.807, 2.05) is 54.6 Å². The van der Waals surface area contributed by atoms with Crippen LogP contribution in [0.2, 0.25) is 0 Å². The van der Waals surface area contributed by atoms with Gasteiger partial charge in [-0.3, -0.25) is 25.5 Å². The highest BCUT2D eigenvalue weighted by Crippen LogP contribution is 2.16. The van der Waals surface area contributed by atoms with Crippen molar-refractivity contribution in [2.45, 2.75) is 0 Å². The first-order valence-electron chi connectivity index (χ1n) is 7.76. The van der Waals surface area contributed by atoms with Gasteiger partial charge < -0.3 is 0 Å². The maximum absolute atomic E-state index is 12.1. The molecule has 26 heavy (non-hydrogen) atoms. The highest BCUT2D eigenvalue weighted by Gasteiger charge is 2.11. The van der Waals surface area contributed by atoms with Crippen molar-refractivity contribution < 1.29 is 9.59 Å². The predicted molar refractivity (Wildman–Crippen MR) is 103 cm³/mol. The molecule has 0 bridgehead atoms. The Morgan fingerprint density at radius 3 is 2.46 bits per heavy atom. The molecular formula is C19H15BrN4O2. The topological polar surface area (TPSA) is 86.9 Å². The molecular weight excluding hydrogens is 396 g/mol. The van der Waals surface area contributed by atoms with E-state index in [1.165, 1.54) is 6.08 Å². The maximum atomic E-state index is 12.1. The summed E-state index contributed by atoms with van der Waals surface area (Å²) in [6, 6.07) is 18.6. The van der Waals surface area contributed by atoms with Crippen LogP contribution in [0, 0.1) is 0 Å². The van der Waals surface area contributed by atoms with Crippen LogP contribution in [0.5, 0.6) is 0 Å². The van der Waals surface area contributed by atoms with Gasteiger partial charge in [0.2, 0.25) is 0 Å². The minimum Gasteiger partial charge on any atom is -0.272 e. The highest BCUT2D eigenvalue weighted by atomic mass is 79.9. The molecule has 130 valence electrons. The first-order chi connectivity index (χ1) is 12.6. The first kappa shape index (κ1) is 17.6. The fourth-order valence-electron chi connectivity index (χ4n) is 2.17. The number of nitrogens with one attached hydrogen (secondary N) is 3. The average molecular weight is 411 g/mol. The molecule has 1 aromatic heterocycles. The van der Waals surface area contributed by atoms with E-state index in [1.54, 1.807) is 12.1 Å². The van der Waals surface area contributed by atoms with Crippen LogP contribution in [0.3, 0.4) is 0 Å². The van der Waals surface area contributed by atoms with Crippen molar-refractivity contribution in [2.75, 3.05) is 0 Å². The van der Waals surface area contributed by atoms with Crippen LogP contribution in [0.4, 0.5) is 0 Å². The van der Waals surface area contributed by atoms with Crippen molar-refractivity contribution in [3.05, 3.63) is 82.5 Å². The third kappa shape index (κ3) is 4.67. The lowest BCUT2D eigenvalue weighted by molar-refractivity contribution is -0.117. The molecule has 0 saturated carbocycles. The number of hydrogen-bond acceptors (Lipinski definition) is 3. The number of amides is 2. The fourth-order valence-corrected chi connectivity index (χ4v) is 2.43. The molecule has 0 saturated heterocycles. The van der Waals surface area contributed by atoms with Gasteiger partial charge in [0.05, 0.1) is 5.69 Å². The van der Waals surface area contributed by atoms with Crippen molar-refractivity contribution in [3.63, 3.8) is 0 Å². The quantitative estimate of drug-likeness (QED) is 0.455. The standard InChI is InChI=1S/C19H15BrN4O2/c20-15-9-6-13(7-10-15)8-11-18(25)23-24-19(26)17-12-16(21-22-17)14-4-2-1-3-5-14/h1-12H,(H,21,22)(H,23,25)(H,24,26)/b11-8+. The molecule has 0 aliphatic heterocycles. The molecule has 2 amide bonds. The van der Waals surface area contributed by atoms with E-state index in [9.17, 15) is 9.59 Å². The van der Waals surface area contributed by atoms with Gasteiger partial charge in [-0.2, -0.15) is 5.10 Å². The summed E-state index contributed by atoms with van der Waals surface area (Å²) < 4.78 is 0.959. The third-order valence-electron chi connectivity index (χ3n) is 3.49. The van der Waals surface area contributed by atoms with Crippen molar-refractivity contribution in [3.8, 4) is 11.3 Å². The number of rotatable bonds is 4. The number of H-pyrrole nitrogens is 1. The monoisotopic (exact) mass is 410 g/mol. The number of hydrogen-bond donors (Lipinski definition) is 3. The van der Waals surface area contributed by atoms with E-state index >= 15 is 0 Å². The van der Waals surface area contributed by atoms with Gasteiger partial charge >= 0.3 is 0 Å². The van der Waals surface area contributed by atoms with E-state index < -0.39 is 11.8 Å². The molecule has 7 heteroatoms. The molecule has 0 unspecified atom stereocenters. The van der Waals surface area contributed by atoms with Gasteiger partial charge in [-0.1, -0.05) is 58.4 Å². The second-order valence-corrected chi connectivity index (χ2v) is 6.28. The summed E-state index contributed by atoms with van der Waals surface area (Å²) in [5.41, 5.74) is 7.33. The molecule has 0 fully saturated rings. The molecule has 0 aliphatic rings. The zero-order valence-electron chi connectivity index (χ0n) is 13.6. The van der Waals surface area contributed by atoms with Crippen molar-refractivity contribution in [2.24, 2.45) is 0 Å². The minimum atomic E-state index is -0.481. The summed E-state index contributed by atoms with van der Waals surface area (Å²) in [4.78, 5) is 23.9. The maximum Gasteiger partial charge on any atom is 0.287 e. The zero-order valence-corrected chi connectivity index (χ0v) is 15.2. The number of nitrogens with zero attached hydrogens (tertiary/aromatic N) is 1. The molecule has 0 radical (unpaired) electrons. The number of carbonyl (C=O) groups is 2. The SMILES string of the molecule is O=C(/C=C/c1ccc(Br)cc1)NNC(=O)c1cc(-c2ccccc2)n[nH]1. The van der Waals surface area contributed by atoms with Crippen LogP contribution in [-0.2, 0) is 4.79 Å². The number of hydrazine groups is 1. The Bertz CT molecular complexity index is 934. The number of aromatic nitrogens is 2. The van der Waals surface area contributed by atoms with Gasteiger partial charge in [0.25, 0.3) is 11.8 Å². The predicted octanol–water partition coefficient (Wildman–Crippen LogP) is 3.31. The van der Waals surface area contributed by atoms with E-state index in [0.717, 1.165) is 15.6 Å². The normalized spacial score (nSPS) is 10.7. The lowest BCUT2D eigenvalue weighted by Gasteiger charge is -2.03. The number of halogens is 1. The molecule has 0 aliphatic carbocycles. The molecule has 3 aromatic rings. The number of aromatic amines is 1. The molecule has 6 nitrogen and oxygen atoms in total. The fraction of sp³-hybridized carbons (Fsp3) is 0. The highest BCUT2D eigenvalue weighted by molar-refractivity contribution is 9.10. The second-order valence-electron chi connectivity index (χ2n) is 5.36. The summed E-state index contributed by atoms with van der Waals surface area (Å²) in [6.07, 6.45) is 2.99. The third-order valence-corrected chi connectivity index (χ3v) is 4.02. The lowest BCUT2D eigenvalue weighted by atomic mass is 10.1. The largest absolute Gasteiger partial charge is 0.287 e. The smallest absolute Gasteiger partial charge is 0.272 e. The number of carbonyl (C=O) groups excluding carboxylic acids is 2. The van der Waals surface area contributed by atoms with Crippen LogP contribution < -0.4 is 10.9 Å². The van der Waals surface area contributed by atoms with Crippen molar-refractivity contribution in [1.29, 1.82) is 0 Å². The molecule has 2 aromatic carbocycles. The Kier molecular flexibility index (Phi) is 5.60. The Balaban J connectivity index is 1.54. The van der Waals surface area contributed by atoms with E-state index in [4.69, 9.17) is 0 Å². The lowest BCUT2D eigenvalue weighted by Crippen LogP contribution is -2.40. The van der Waals surface area contributed by atoms with Crippen molar-refractivity contribution in [1.82, 2.24) is 21.0 Å². The van der Waals surface area contributed by atoms with Gasteiger partial charge in [-0.25, -0.2) is 0 Å². The van der Waals surface area contributed by atoms with Crippen molar-refractivity contribution >= 4 is 33.8 Å². The molecule has 0 atom stereocenters. The van der Waals surface area contributed by atoms with E-state index in [2.05, 4.69) is 37.0 Å². The Morgan fingerprint density at radius 1 is 1.00 bits per heavy atom. The summed E-state index contributed by atoms with van der Waals surface area (Å²) >= 11 is 3.35. The summed E-state index contributed by atoms with van der Waals surface area (Å²) in [6.45, 7) is 0. The number of benzene rings is 2. The van der Waals surface area contributed by atoms with Crippen LogP contribution in [0.1, 0.15) is 16.1 Å². The van der Waals surface area contributed by atoms with Gasteiger partial charge in [0, 0.05) is 16.1 Å². The van der Waals surface area contributed by atoms with Gasteiger partial charge in [0.15, 0.2) is 0 Å². The van der Waals surface area contributed by atoms with Crippen LogP contribution in [0.15, 0.2) is 71.2 Å². The molecule has 0 spiro atoms. The van der Waals surface area contributed by atoms with Crippen LogP contribution in [0.25, 0.3) is 17.3 Å². The van der Waals surface area contributed by atoms with E-state index in [-0.39, 0.29) is 5.69 Å². The van der Waals surface area contributed by atoms with Crippen LogP contribution >= 0.6 is 15.9 Å². The first-order valence-corrected chi connectivity index (χ1v) is 8.56. The molecule has 3 rings (SSSR count). The molecule has 1 heterocycles.